The van der Waals surface area contributed by atoms with E-state index in [0.717, 1.165) is 11.3 Å². The molecule has 18 heavy (non-hydrogen) atoms. The number of rotatable bonds is 3. The van der Waals surface area contributed by atoms with Crippen LogP contribution in [0.3, 0.4) is 0 Å². The van der Waals surface area contributed by atoms with Crippen molar-refractivity contribution in [2.24, 2.45) is 0 Å². The third-order valence-corrected chi connectivity index (χ3v) is 4.13. The van der Waals surface area contributed by atoms with Gasteiger partial charge in [-0.05, 0) is 48.6 Å². The molecule has 0 atom stereocenters. The third-order valence-electron chi connectivity index (χ3n) is 3.08. The monoisotopic (exact) mass is 261 g/mol. The van der Waals surface area contributed by atoms with Gasteiger partial charge in [-0.15, -0.1) is 10.2 Å². The van der Waals surface area contributed by atoms with Gasteiger partial charge < -0.3 is 9.73 Å². The molecular weight excluding hydrogens is 246 g/mol. The molecule has 5 heteroatoms. The lowest BCUT2D eigenvalue weighted by molar-refractivity contribution is 0.568. The van der Waals surface area contributed by atoms with Crippen LogP contribution < -0.4 is 5.32 Å². The molecule has 0 spiro atoms. The summed E-state index contributed by atoms with van der Waals surface area (Å²) in [4.78, 5) is 0. The first-order valence-corrected chi connectivity index (χ1v) is 7.28. The maximum Gasteiger partial charge on any atom is 0.247 e. The highest BCUT2D eigenvalue weighted by atomic mass is 32.2. The zero-order chi connectivity index (χ0) is 12.2. The number of benzene rings is 1. The van der Waals surface area contributed by atoms with E-state index in [9.17, 15) is 0 Å². The fourth-order valence-corrected chi connectivity index (χ4v) is 3.19. The van der Waals surface area contributed by atoms with Crippen molar-refractivity contribution in [3.8, 4) is 11.5 Å². The summed E-state index contributed by atoms with van der Waals surface area (Å²) in [5.74, 6) is 3.09. The number of nitrogens with one attached hydrogen (secondary N) is 1. The first-order chi connectivity index (χ1) is 8.92. The van der Waals surface area contributed by atoms with Gasteiger partial charge in [-0.25, -0.2) is 0 Å². The first-order valence-electron chi connectivity index (χ1n) is 6.13. The number of anilines is 1. The SMILES string of the molecule is c1nnc(-c2ccc(NC3CCSCC3)cc2)o1. The Kier molecular flexibility index (Phi) is 3.50. The molecule has 1 aromatic heterocycles. The Morgan fingerprint density at radius 1 is 1.17 bits per heavy atom. The largest absolute Gasteiger partial charge is 0.423 e. The molecule has 4 nitrogen and oxygen atoms in total. The number of aromatic nitrogens is 2. The van der Waals surface area contributed by atoms with Crippen molar-refractivity contribution in [3.63, 3.8) is 0 Å². The minimum Gasteiger partial charge on any atom is -0.423 e. The van der Waals surface area contributed by atoms with Crippen molar-refractivity contribution in [1.82, 2.24) is 10.2 Å². The maximum atomic E-state index is 5.16. The van der Waals surface area contributed by atoms with Crippen LogP contribution >= 0.6 is 11.8 Å². The zero-order valence-electron chi connectivity index (χ0n) is 10.0. The summed E-state index contributed by atoms with van der Waals surface area (Å²) in [6, 6.07) is 8.77. The fraction of sp³-hybridized carbons (Fsp3) is 0.385. The summed E-state index contributed by atoms with van der Waals surface area (Å²) in [7, 11) is 0. The molecule has 0 saturated carbocycles. The van der Waals surface area contributed by atoms with E-state index in [1.54, 1.807) is 0 Å². The van der Waals surface area contributed by atoms with E-state index in [2.05, 4.69) is 27.6 Å². The van der Waals surface area contributed by atoms with Crippen LogP contribution in [0.25, 0.3) is 11.5 Å². The van der Waals surface area contributed by atoms with Crippen molar-refractivity contribution in [1.29, 1.82) is 0 Å². The van der Waals surface area contributed by atoms with E-state index in [0.29, 0.717) is 11.9 Å². The minimum atomic E-state index is 0.565. The lowest BCUT2D eigenvalue weighted by Crippen LogP contribution is -2.24. The summed E-state index contributed by atoms with van der Waals surface area (Å²) < 4.78 is 5.16. The summed E-state index contributed by atoms with van der Waals surface area (Å²) in [5, 5.41) is 11.1. The molecular formula is C13H15N3OS. The standard InChI is InChI=1S/C13H15N3OS/c1-3-11(15-12-5-7-18-8-6-12)4-2-10(1)13-16-14-9-17-13/h1-4,9,12,15H,5-8H2. The van der Waals surface area contributed by atoms with E-state index in [4.69, 9.17) is 4.42 Å². The Labute approximate surface area is 110 Å². The Hall–Kier alpha value is -1.49. The summed E-state index contributed by atoms with van der Waals surface area (Å²) in [6.45, 7) is 0. The van der Waals surface area contributed by atoms with Crippen LogP contribution in [0.15, 0.2) is 35.1 Å². The van der Waals surface area contributed by atoms with Gasteiger partial charge >= 0.3 is 0 Å². The molecule has 1 aliphatic heterocycles. The van der Waals surface area contributed by atoms with Crippen molar-refractivity contribution in [2.45, 2.75) is 18.9 Å². The van der Waals surface area contributed by atoms with Gasteiger partial charge in [0, 0.05) is 17.3 Å². The molecule has 0 unspecified atom stereocenters. The van der Waals surface area contributed by atoms with Crippen LogP contribution in [0, 0.1) is 0 Å². The normalized spacial score (nSPS) is 16.7. The fourth-order valence-electron chi connectivity index (χ4n) is 2.09. The molecule has 0 bridgehead atoms. The second kappa shape index (κ2) is 5.44. The Bertz CT molecular complexity index is 477. The van der Waals surface area contributed by atoms with Gasteiger partial charge in [0.15, 0.2) is 0 Å². The topological polar surface area (TPSA) is 51.0 Å². The van der Waals surface area contributed by atoms with Crippen molar-refractivity contribution in [3.05, 3.63) is 30.7 Å². The molecule has 1 N–H and O–H groups in total. The molecule has 0 radical (unpaired) electrons. The van der Waals surface area contributed by atoms with Crippen molar-refractivity contribution in [2.75, 3.05) is 16.8 Å². The van der Waals surface area contributed by atoms with Gasteiger partial charge in [-0.2, -0.15) is 11.8 Å². The maximum absolute atomic E-state index is 5.16. The van der Waals surface area contributed by atoms with E-state index in [-0.39, 0.29) is 0 Å². The second-order valence-electron chi connectivity index (χ2n) is 4.35. The molecule has 1 aromatic carbocycles. The molecule has 94 valence electrons. The van der Waals surface area contributed by atoms with Gasteiger partial charge in [-0.3, -0.25) is 0 Å². The van der Waals surface area contributed by atoms with Crippen molar-refractivity contribution < 1.29 is 4.42 Å². The van der Waals surface area contributed by atoms with Gasteiger partial charge in [0.25, 0.3) is 0 Å². The van der Waals surface area contributed by atoms with E-state index in [1.165, 1.54) is 30.7 Å². The summed E-state index contributed by atoms with van der Waals surface area (Å²) in [6.07, 6.45) is 3.84. The molecule has 2 aromatic rings. The zero-order valence-corrected chi connectivity index (χ0v) is 10.8. The number of hydrogen-bond acceptors (Lipinski definition) is 5. The van der Waals surface area contributed by atoms with Crippen LogP contribution in [0.1, 0.15) is 12.8 Å². The lowest BCUT2D eigenvalue weighted by Gasteiger charge is -2.23. The number of thioether (sulfide) groups is 1. The predicted octanol–water partition coefficient (Wildman–Crippen LogP) is 3.04. The van der Waals surface area contributed by atoms with Gasteiger partial charge in [0.2, 0.25) is 12.3 Å². The third kappa shape index (κ3) is 2.67. The van der Waals surface area contributed by atoms with E-state index >= 15 is 0 Å². The first kappa shape index (κ1) is 11.6. The minimum absolute atomic E-state index is 0.565. The van der Waals surface area contributed by atoms with Crippen molar-refractivity contribution >= 4 is 17.4 Å². The van der Waals surface area contributed by atoms with Crippen LogP contribution in [0.5, 0.6) is 0 Å². The molecule has 3 rings (SSSR count). The van der Waals surface area contributed by atoms with Crippen LogP contribution in [-0.2, 0) is 0 Å². The van der Waals surface area contributed by atoms with Gasteiger partial charge in [0.05, 0.1) is 0 Å². The molecule has 2 heterocycles. The summed E-state index contributed by atoms with van der Waals surface area (Å²) >= 11 is 2.04. The van der Waals surface area contributed by atoms with E-state index in [1.807, 2.05) is 23.9 Å². The van der Waals surface area contributed by atoms with Gasteiger partial charge in [0.1, 0.15) is 0 Å². The molecule has 0 aliphatic carbocycles. The number of hydrogen-bond donors (Lipinski definition) is 1. The molecule has 0 amide bonds. The highest BCUT2D eigenvalue weighted by Gasteiger charge is 2.13. The smallest absolute Gasteiger partial charge is 0.247 e. The Morgan fingerprint density at radius 3 is 2.61 bits per heavy atom. The average molecular weight is 261 g/mol. The van der Waals surface area contributed by atoms with Crippen LogP contribution in [0.4, 0.5) is 5.69 Å². The molecule has 1 fully saturated rings. The average Bonchev–Trinajstić information content (AvgIpc) is 2.95. The van der Waals surface area contributed by atoms with Crippen LogP contribution in [-0.4, -0.2) is 27.7 Å². The number of nitrogens with zero attached hydrogens (tertiary/aromatic N) is 2. The lowest BCUT2D eigenvalue weighted by atomic mass is 10.1. The quantitative estimate of drug-likeness (QED) is 0.920. The van der Waals surface area contributed by atoms with Crippen LogP contribution in [0.2, 0.25) is 0 Å². The van der Waals surface area contributed by atoms with Gasteiger partial charge in [-0.1, -0.05) is 0 Å². The highest BCUT2D eigenvalue weighted by Crippen LogP contribution is 2.23. The molecule has 1 saturated heterocycles. The Morgan fingerprint density at radius 2 is 1.94 bits per heavy atom. The second-order valence-corrected chi connectivity index (χ2v) is 5.58. The Balaban J connectivity index is 1.67. The molecule has 1 aliphatic rings. The predicted molar refractivity (Wildman–Crippen MR) is 73.7 cm³/mol. The summed E-state index contributed by atoms with van der Waals surface area (Å²) in [5.41, 5.74) is 2.12. The highest BCUT2D eigenvalue weighted by molar-refractivity contribution is 7.99. The van der Waals surface area contributed by atoms with E-state index < -0.39 is 0 Å².